The molecule has 2 aromatic rings. The van der Waals surface area contributed by atoms with Crippen LogP contribution in [0.3, 0.4) is 0 Å². The van der Waals surface area contributed by atoms with Crippen LogP contribution in [0.4, 0.5) is 10.6 Å². The number of nitrogen functional groups attached to an aromatic ring is 1. The van der Waals surface area contributed by atoms with E-state index in [0.717, 1.165) is 25.0 Å². The third kappa shape index (κ3) is 2.37. The smallest absolute Gasteiger partial charge is 0.410 e. The average molecular weight is 330 g/mol. The van der Waals surface area contributed by atoms with Gasteiger partial charge in [-0.15, -0.1) is 0 Å². The number of imidazole rings is 1. The number of hydrogen-bond acceptors (Lipinski definition) is 6. The summed E-state index contributed by atoms with van der Waals surface area (Å²) in [5.41, 5.74) is 6.73. The quantitative estimate of drug-likeness (QED) is 0.858. The first-order valence-corrected chi connectivity index (χ1v) is 8.26. The summed E-state index contributed by atoms with van der Waals surface area (Å²) in [6, 6.07) is 0.258. The Bertz CT molecular complexity index is 795. The van der Waals surface area contributed by atoms with Crippen LogP contribution in [0.5, 0.6) is 0 Å². The molecule has 2 bridgehead atoms. The van der Waals surface area contributed by atoms with Crippen LogP contribution in [-0.2, 0) is 4.74 Å². The van der Waals surface area contributed by atoms with Gasteiger partial charge < -0.3 is 19.9 Å². The van der Waals surface area contributed by atoms with Crippen LogP contribution in [0.15, 0.2) is 12.7 Å². The molecule has 24 heavy (non-hydrogen) atoms. The first-order valence-electron chi connectivity index (χ1n) is 8.26. The Morgan fingerprint density at radius 3 is 2.71 bits per heavy atom. The lowest BCUT2D eigenvalue weighted by atomic mass is 10.1. The Kier molecular flexibility index (Phi) is 3.20. The largest absolute Gasteiger partial charge is 0.444 e. The summed E-state index contributed by atoms with van der Waals surface area (Å²) >= 11 is 0. The molecule has 2 aromatic heterocycles. The lowest BCUT2D eigenvalue weighted by molar-refractivity contribution is 0.0141. The topological polar surface area (TPSA) is 99.2 Å². The van der Waals surface area contributed by atoms with Crippen molar-refractivity contribution in [3.63, 3.8) is 0 Å². The maximum atomic E-state index is 12.5. The summed E-state index contributed by atoms with van der Waals surface area (Å²) < 4.78 is 7.60. The molecule has 2 aliphatic rings. The summed E-state index contributed by atoms with van der Waals surface area (Å²) in [4.78, 5) is 27.1. The maximum absolute atomic E-state index is 12.5. The van der Waals surface area contributed by atoms with Crippen molar-refractivity contribution in [1.29, 1.82) is 0 Å². The second-order valence-electron chi connectivity index (χ2n) is 7.69. The highest BCUT2D eigenvalue weighted by Gasteiger charge is 2.49. The van der Waals surface area contributed by atoms with Crippen molar-refractivity contribution >= 4 is 23.1 Å². The molecule has 3 atom stereocenters. The van der Waals surface area contributed by atoms with Gasteiger partial charge in [-0.2, -0.15) is 0 Å². The average Bonchev–Trinajstić information content (AvgIpc) is 3.18. The number of likely N-dealkylation sites (tertiary alicyclic amines) is 1. The van der Waals surface area contributed by atoms with Gasteiger partial charge in [-0.3, -0.25) is 0 Å². The van der Waals surface area contributed by atoms with E-state index in [-0.39, 0.29) is 18.2 Å². The van der Waals surface area contributed by atoms with E-state index in [0.29, 0.717) is 17.3 Å². The minimum absolute atomic E-state index is 0.110. The van der Waals surface area contributed by atoms with E-state index >= 15 is 0 Å². The molecule has 2 fully saturated rings. The van der Waals surface area contributed by atoms with Gasteiger partial charge in [0, 0.05) is 6.54 Å². The van der Waals surface area contributed by atoms with E-state index < -0.39 is 5.60 Å². The number of aromatic nitrogens is 4. The molecule has 128 valence electrons. The van der Waals surface area contributed by atoms with Crippen LogP contribution in [0, 0.1) is 5.92 Å². The number of carbonyl (C=O) groups excluding carboxylic acids is 1. The van der Waals surface area contributed by atoms with Gasteiger partial charge in [-0.1, -0.05) is 0 Å². The van der Waals surface area contributed by atoms with Gasteiger partial charge in [0.05, 0.1) is 18.4 Å². The minimum Gasteiger partial charge on any atom is -0.444 e. The second kappa shape index (κ2) is 5.06. The van der Waals surface area contributed by atoms with Crippen molar-refractivity contribution in [3.8, 4) is 0 Å². The number of rotatable bonds is 1. The zero-order valence-electron chi connectivity index (χ0n) is 14.1. The van der Waals surface area contributed by atoms with Crippen LogP contribution >= 0.6 is 0 Å². The van der Waals surface area contributed by atoms with Crippen LogP contribution < -0.4 is 5.73 Å². The molecule has 8 nitrogen and oxygen atoms in total. The summed E-state index contributed by atoms with van der Waals surface area (Å²) in [5.74, 6) is 0.870. The first kappa shape index (κ1) is 15.2. The predicted molar refractivity (Wildman–Crippen MR) is 88.2 cm³/mol. The van der Waals surface area contributed by atoms with E-state index in [1.165, 1.54) is 6.33 Å². The number of nitrogens with zero attached hydrogens (tertiary/aromatic N) is 5. The highest BCUT2D eigenvalue weighted by molar-refractivity contribution is 5.81. The molecule has 2 N–H and O–H groups in total. The van der Waals surface area contributed by atoms with Gasteiger partial charge in [0.2, 0.25) is 0 Å². The second-order valence-corrected chi connectivity index (χ2v) is 7.69. The number of ether oxygens (including phenoxy) is 1. The molecule has 1 saturated carbocycles. The van der Waals surface area contributed by atoms with Gasteiger partial charge >= 0.3 is 6.09 Å². The molecule has 1 aliphatic heterocycles. The SMILES string of the molecule is CC(C)(C)OC(=O)N1C[C@@H]2C[C@H]1[C@@H](n1cnc3c(N)ncnc31)C2. The normalized spacial score (nSPS) is 26.3. The molecule has 0 radical (unpaired) electrons. The summed E-state index contributed by atoms with van der Waals surface area (Å²) in [6.07, 6.45) is 4.98. The number of fused-ring (bicyclic) bond motifs is 3. The molecule has 8 heteroatoms. The van der Waals surface area contributed by atoms with Crippen molar-refractivity contribution in [1.82, 2.24) is 24.4 Å². The van der Waals surface area contributed by atoms with Gasteiger partial charge in [0.1, 0.15) is 17.4 Å². The van der Waals surface area contributed by atoms with E-state index in [2.05, 4.69) is 15.0 Å². The number of amides is 1. The third-order valence-corrected chi connectivity index (χ3v) is 4.82. The standard InChI is InChI=1S/C16H22N6O2/c1-16(2,3)24-15(23)21-6-9-4-10(21)11(5-9)22-8-20-12-13(17)18-7-19-14(12)22/h7-11H,4-6H2,1-3H3,(H2,17,18,19)/t9-,10+,11+/m1/s1. The fourth-order valence-corrected chi connectivity index (χ4v) is 3.93. The number of nitrogens with two attached hydrogens (primary N) is 1. The molecule has 0 spiro atoms. The molecule has 1 saturated heterocycles. The van der Waals surface area contributed by atoms with E-state index in [1.54, 1.807) is 6.33 Å². The Morgan fingerprint density at radius 2 is 2.00 bits per heavy atom. The Labute approximate surface area is 140 Å². The fourth-order valence-electron chi connectivity index (χ4n) is 3.93. The maximum Gasteiger partial charge on any atom is 0.410 e. The molecule has 0 unspecified atom stereocenters. The van der Waals surface area contributed by atoms with Crippen LogP contribution in [0.25, 0.3) is 11.2 Å². The van der Waals surface area contributed by atoms with Crippen molar-refractivity contribution in [3.05, 3.63) is 12.7 Å². The van der Waals surface area contributed by atoms with Crippen molar-refractivity contribution < 1.29 is 9.53 Å². The molecule has 1 amide bonds. The number of hydrogen-bond donors (Lipinski definition) is 1. The molecule has 3 heterocycles. The summed E-state index contributed by atoms with van der Waals surface area (Å²) in [6.45, 7) is 6.43. The van der Waals surface area contributed by atoms with E-state index in [9.17, 15) is 4.79 Å². The van der Waals surface area contributed by atoms with E-state index in [4.69, 9.17) is 10.5 Å². The third-order valence-electron chi connectivity index (χ3n) is 4.82. The Balaban J connectivity index is 1.63. The van der Waals surface area contributed by atoms with Crippen molar-refractivity contribution in [2.24, 2.45) is 5.92 Å². The molecule has 4 rings (SSSR count). The van der Waals surface area contributed by atoms with Gasteiger partial charge in [-0.25, -0.2) is 19.7 Å². The van der Waals surface area contributed by atoms with Gasteiger partial charge in [-0.05, 0) is 39.5 Å². The molecule has 0 aromatic carbocycles. The highest BCUT2D eigenvalue weighted by atomic mass is 16.6. The highest BCUT2D eigenvalue weighted by Crippen LogP contribution is 2.45. The number of anilines is 1. The fraction of sp³-hybridized carbons (Fsp3) is 0.625. The number of carbonyl (C=O) groups is 1. The van der Waals surface area contributed by atoms with Crippen LogP contribution in [0.2, 0.25) is 0 Å². The Hall–Kier alpha value is -2.38. The van der Waals surface area contributed by atoms with Crippen LogP contribution in [-0.4, -0.2) is 48.7 Å². The lowest BCUT2D eigenvalue weighted by Gasteiger charge is -2.35. The lowest BCUT2D eigenvalue weighted by Crippen LogP contribution is -2.45. The van der Waals surface area contributed by atoms with Crippen LogP contribution in [0.1, 0.15) is 39.7 Å². The zero-order valence-corrected chi connectivity index (χ0v) is 14.1. The zero-order chi connectivity index (χ0) is 17.1. The monoisotopic (exact) mass is 330 g/mol. The molecular weight excluding hydrogens is 308 g/mol. The van der Waals surface area contributed by atoms with Crippen molar-refractivity contribution in [2.45, 2.75) is 51.3 Å². The molecule has 1 aliphatic carbocycles. The van der Waals surface area contributed by atoms with Crippen molar-refractivity contribution in [2.75, 3.05) is 12.3 Å². The first-order chi connectivity index (χ1) is 11.3. The number of piperidine rings is 1. The Morgan fingerprint density at radius 1 is 1.25 bits per heavy atom. The minimum atomic E-state index is -0.488. The summed E-state index contributed by atoms with van der Waals surface area (Å²) in [7, 11) is 0. The van der Waals surface area contributed by atoms with Gasteiger partial charge in [0.15, 0.2) is 11.5 Å². The van der Waals surface area contributed by atoms with Gasteiger partial charge in [0.25, 0.3) is 0 Å². The molecular formula is C16H22N6O2. The summed E-state index contributed by atoms with van der Waals surface area (Å²) in [5, 5.41) is 0. The predicted octanol–water partition coefficient (Wildman–Crippen LogP) is 1.98. The van der Waals surface area contributed by atoms with E-state index in [1.807, 2.05) is 30.2 Å².